The number of primary amides is 1. The molecule has 2 heterocycles. The van der Waals surface area contributed by atoms with Crippen LogP contribution in [0.25, 0.3) is 0 Å². The third-order valence-electron chi connectivity index (χ3n) is 4.54. The van der Waals surface area contributed by atoms with E-state index < -0.39 is 23.4 Å². The molecule has 2 amide bonds. The van der Waals surface area contributed by atoms with Crippen LogP contribution < -0.4 is 15.8 Å². The smallest absolute Gasteiger partial charge is 0.291 e. The third kappa shape index (κ3) is 3.86. The summed E-state index contributed by atoms with van der Waals surface area (Å²) in [6, 6.07) is 5.92. The Morgan fingerprint density at radius 1 is 1.21 bits per heavy atom. The first kappa shape index (κ1) is 19.1. The number of nitrogens with one attached hydrogen (secondary N) is 1. The summed E-state index contributed by atoms with van der Waals surface area (Å²) in [6.07, 6.45) is 2.59. The Morgan fingerprint density at radius 2 is 2.03 bits per heavy atom. The summed E-state index contributed by atoms with van der Waals surface area (Å²) in [7, 11) is 0. The Labute approximate surface area is 168 Å². The monoisotopic (exact) mass is 418 g/mol. The van der Waals surface area contributed by atoms with E-state index >= 15 is 0 Å². The van der Waals surface area contributed by atoms with Gasteiger partial charge in [0.2, 0.25) is 0 Å². The standard InChI is InChI=1S/C20H16F2N2O4S/c21-10-4-6-14(13(22)8-10)27-9-11-5-7-15(28-11)19(26)24-20-17(18(23)25)12-2-1-3-16(12)29-20/h4-8H,1-3,9H2,(H2,23,25)(H,24,26). The lowest BCUT2D eigenvalue weighted by atomic mass is 10.1. The van der Waals surface area contributed by atoms with Crippen LogP contribution in [0.5, 0.6) is 5.75 Å². The van der Waals surface area contributed by atoms with Gasteiger partial charge in [0.05, 0.1) is 5.56 Å². The summed E-state index contributed by atoms with van der Waals surface area (Å²) in [4.78, 5) is 25.4. The molecule has 3 aromatic rings. The number of carbonyl (C=O) groups excluding carboxylic acids is 2. The van der Waals surface area contributed by atoms with Crippen LogP contribution in [0.15, 0.2) is 34.7 Å². The van der Waals surface area contributed by atoms with E-state index in [9.17, 15) is 18.4 Å². The number of fused-ring (bicyclic) bond motifs is 1. The van der Waals surface area contributed by atoms with Crippen molar-refractivity contribution in [2.45, 2.75) is 25.9 Å². The zero-order valence-electron chi connectivity index (χ0n) is 15.1. The van der Waals surface area contributed by atoms with Crippen LogP contribution >= 0.6 is 11.3 Å². The summed E-state index contributed by atoms with van der Waals surface area (Å²) < 4.78 is 37.2. The second-order valence-electron chi connectivity index (χ2n) is 6.51. The zero-order chi connectivity index (χ0) is 20.5. The number of carbonyl (C=O) groups is 2. The van der Waals surface area contributed by atoms with Gasteiger partial charge in [-0.15, -0.1) is 11.3 Å². The molecule has 29 heavy (non-hydrogen) atoms. The summed E-state index contributed by atoms with van der Waals surface area (Å²) in [5.74, 6) is -2.50. The molecule has 6 nitrogen and oxygen atoms in total. The van der Waals surface area contributed by atoms with E-state index in [1.807, 2.05) is 0 Å². The molecular formula is C20H16F2N2O4S. The largest absolute Gasteiger partial charge is 0.483 e. The van der Waals surface area contributed by atoms with Crippen molar-refractivity contribution in [3.8, 4) is 5.75 Å². The molecule has 2 aromatic heterocycles. The molecule has 0 radical (unpaired) electrons. The maximum Gasteiger partial charge on any atom is 0.291 e. The average Bonchev–Trinajstić information content (AvgIpc) is 3.36. The van der Waals surface area contributed by atoms with Crippen molar-refractivity contribution in [2.75, 3.05) is 5.32 Å². The molecule has 1 aliphatic rings. The number of amides is 2. The second-order valence-corrected chi connectivity index (χ2v) is 7.61. The minimum absolute atomic E-state index is 0.00663. The maximum absolute atomic E-state index is 13.6. The van der Waals surface area contributed by atoms with Crippen molar-refractivity contribution in [1.82, 2.24) is 0 Å². The molecular weight excluding hydrogens is 402 g/mol. The van der Waals surface area contributed by atoms with Crippen LogP contribution in [0.4, 0.5) is 13.8 Å². The molecule has 1 aliphatic carbocycles. The van der Waals surface area contributed by atoms with E-state index in [1.54, 1.807) is 0 Å². The van der Waals surface area contributed by atoms with Crippen molar-refractivity contribution in [1.29, 1.82) is 0 Å². The molecule has 0 spiro atoms. The van der Waals surface area contributed by atoms with Crippen LogP contribution in [0.2, 0.25) is 0 Å². The number of halogens is 2. The van der Waals surface area contributed by atoms with Gasteiger partial charge >= 0.3 is 0 Å². The van der Waals surface area contributed by atoms with Gasteiger partial charge in [0.1, 0.15) is 23.2 Å². The van der Waals surface area contributed by atoms with E-state index in [4.69, 9.17) is 14.9 Å². The van der Waals surface area contributed by atoms with Crippen molar-refractivity contribution >= 4 is 28.2 Å². The minimum Gasteiger partial charge on any atom is -0.483 e. The molecule has 0 fully saturated rings. The number of hydrogen-bond acceptors (Lipinski definition) is 5. The first-order valence-electron chi connectivity index (χ1n) is 8.84. The molecule has 1 aromatic carbocycles. The van der Waals surface area contributed by atoms with Crippen LogP contribution in [-0.2, 0) is 19.4 Å². The van der Waals surface area contributed by atoms with Crippen molar-refractivity contribution in [3.63, 3.8) is 0 Å². The van der Waals surface area contributed by atoms with E-state index in [-0.39, 0.29) is 23.9 Å². The molecule has 150 valence electrons. The number of rotatable bonds is 6. The summed E-state index contributed by atoms with van der Waals surface area (Å²) in [6.45, 7) is -0.143. The summed E-state index contributed by atoms with van der Waals surface area (Å²) in [5.41, 5.74) is 6.76. The Morgan fingerprint density at radius 3 is 2.79 bits per heavy atom. The van der Waals surface area contributed by atoms with Gasteiger partial charge in [-0.3, -0.25) is 9.59 Å². The molecule has 0 atom stereocenters. The lowest BCUT2D eigenvalue weighted by Gasteiger charge is -2.06. The Kier molecular flexibility index (Phi) is 5.06. The third-order valence-corrected chi connectivity index (χ3v) is 5.75. The minimum atomic E-state index is -0.834. The molecule has 3 N–H and O–H groups in total. The lowest BCUT2D eigenvalue weighted by Crippen LogP contribution is -2.17. The topological polar surface area (TPSA) is 94.6 Å². The fourth-order valence-electron chi connectivity index (χ4n) is 3.24. The van der Waals surface area contributed by atoms with E-state index in [0.29, 0.717) is 16.6 Å². The quantitative estimate of drug-likeness (QED) is 0.632. The number of aryl methyl sites for hydroxylation is 1. The first-order chi connectivity index (χ1) is 13.9. The zero-order valence-corrected chi connectivity index (χ0v) is 15.9. The molecule has 4 rings (SSSR count). The van der Waals surface area contributed by atoms with Crippen molar-refractivity contribution in [2.24, 2.45) is 5.73 Å². The lowest BCUT2D eigenvalue weighted by molar-refractivity contribution is 0.0992. The predicted molar refractivity (Wildman–Crippen MR) is 102 cm³/mol. The van der Waals surface area contributed by atoms with Crippen LogP contribution in [0.1, 0.15) is 43.5 Å². The van der Waals surface area contributed by atoms with Crippen LogP contribution in [0.3, 0.4) is 0 Å². The van der Waals surface area contributed by atoms with Gasteiger partial charge in [0.15, 0.2) is 17.3 Å². The number of furan rings is 1. The van der Waals surface area contributed by atoms with Crippen LogP contribution in [0, 0.1) is 11.6 Å². The van der Waals surface area contributed by atoms with Gasteiger partial charge in [-0.2, -0.15) is 0 Å². The van der Waals surface area contributed by atoms with Crippen molar-refractivity contribution in [3.05, 3.63) is 69.5 Å². The highest BCUT2D eigenvalue weighted by Gasteiger charge is 2.26. The van der Waals surface area contributed by atoms with E-state index in [0.717, 1.165) is 35.8 Å². The van der Waals surface area contributed by atoms with Gasteiger partial charge in [0.25, 0.3) is 11.8 Å². The molecule has 9 heteroatoms. The number of benzene rings is 1. The highest BCUT2D eigenvalue weighted by atomic mass is 32.1. The molecule has 0 bridgehead atoms. The van der Waals surface area contributed by atoms with Crippen molar-refractivity contribution < 1.29 is 27.5 Å². The first-order valence-corrected chi connectivity index (χ1v) is 9.66. The van der Waals surface area contributed by atoms with Gasteiger partial charge in [-0.1, -0.05) is 0 Å². The summed E-state index contributed by atoms with van der Waals surface area (Å²) in [5, 5.41) is 3.09. The van der Waals surface area contributed by atoms with E-state index in [1.165, 1.54) is 29.5 Å². The molecule has 0 saturated heterocycles. The number of hydrogen-bond donors (Lipinski definition) is 2. The normalized spacial score (nSPS) is 12.6. The van der Waals surface area contributed by atoms with Crippen LogP contribution in [-0.4, -0.2) is 11.8 Å². The number of nitrogens with two attached hydrogens (primary N) is 1. The fourth-order valence-corrected chi connectivity index (χ4v) is 4.53. The van der Waals surface area contributed by atoms with Gasteiger partial charge in [-0.25, -0.2) is 8.78 Å². The summed E-state index contributed by atoms with van der Waals surface area (Å²) >= 11 is 1.35. The van der Waals surface area contributed by atoms with E-state index in [2.05, 4.69) is 5.32 Å². The van der Waals surface area contributed by atoms with Gasteiger partial charge < -0.3 is 20.2 Å². The number of anilines is 1. The fraction of sp³-hybridized carbons (Fsp3) is 0.200. The molecule has 0 aliphatic heterocycles. The van der Waals surface area contributed by atoms with Gasteiger partial charge in [0, 0.05) is 10.9 Å². The predicted octanol–water partition coefficient (Wildman–Crippen LogP) is 4.04. The Hall–Kier alpha value is -3.20. The Balaban J connectivity index is 1.45. The highest BCUT2D eigenvalue weighted by molar-refractivity contribution is 7.17. The number of thiophene rings is 1. The second kappa shape index (κ2) is 7.67. The molecule has 0 saturated carbocycles. The SMILES string of the molecule is NC(=O)c1c(NC(=O)c2ccc(COc3ccc(F)cc3F)o2)sc2c1CCC2. The maximum atomic E-state index is 13.6. The average molecular weight is 418 g/mol. The highest BCUT2D eigenvalue weighted by Crippen LogP contribution is 2.39. The Bertz CT molecular complexity index is 1110. The number of ether oxygens (including phenoxy) is 1. The van der Waals surface area contributed by atoms with Gasteiger partial charge in [-0.05, 0) is 49.1 Å². The molecule has 0 unspecified atom stereocenters.